The zero-order valence-electron chi connectivity index (χ0n) is 11.0. The monoisotopic (exact) mass is 269 g/mol. The maximum Gasteiger partial charge on any atom is 0.259 e. The summed E-state index contributed by atoms with van der Waals surface area (Å²) >= 11 is 0. The van der Waals surface area contributed by atoms with Crippen molar-refractivity contribution in [2.75, 3.05) is 5.32 Å². The lowest BCUT2D eigenvalue weighted by Crippen LogP contribution is -2.13. The number of nitrogens with one attached hydrogen (secondary N) is 2. The van der Waals surface area contributed by atoms with Crippen LogP contribution in [-0.2, 0) is 0 Å². The van der Waals surface area contributed by atoms with Gasteiger partial charge in [0, 0.05) is 11.3 Å². The van der Waals surface area contributed by atoms with Gasteiger partial charge < -0.3 is 16.2 Å². The second-order valence-corrected chi connectivity index (χ2v) is 4.47. The van der Waals surface area contributed by atoms with Gasteiger partial charge in [0.05, 0.1) is 5.56 Å². The van der Waals surface area contributed by atoms with Crippen LogP contribution in [0.25, 0.3) is 0 Å². The number of aromatic hydroxyl groups is 1. The third-order valence-corrected chi connectivity index (χ3v) is 2.85. The molecule has 0 radical (unpaired) electrons. The zero-order valence-corrected chi connectivity index (χ0v) is 11.0. The molecule has 0 spiro atoms. The van der Waals surface area contributed by atoms with E-state index in [1.165, 1.54) is 6.07 Å². The van der Waals surface area contributed by atoms with Crippen molar-refractivity contribution in [3.05, 3.63) is 59.2 Å². The van der Waals surface area contributed by atoms with Gasteiger partial charge in [-0.25, -0.2) is 0 Å². The van der Waals surface area contributed by atoms with Crippen molar-refractivity contribution in [2.24, 2.45) is 5.73 Å². The Labute approximate surface area is 116 Å². The molecule has 5 heteroatoms. The first kappa shape index (κ1) is 13.6. The quantitative estimate of drug-likeness (QED) is 0.508. The molecule has 2 aromatic rings. The number of nitrogens with two attached hydrogens (primary N) is 1. The fourth-order valence-corrected chi connectivity index (χ4v) is 1.77. The van der Waals surface area contributed by atoms with Gasteiger partial charge in [-0.1, -0.05) is 6.07 Å². The minimum absolute atomic E-state index is 0.0287. The molecule has 0 heterocycles. The van der Waals surface area contributed by atoms with Crippen molar-refractivity contribution in [3.8, 4) is 5.75 Å². The van der Waals surface area contributed by atoms with Crippen molar-refractivity contribution in [1.82, 2.24) is 0 Å². The van der Waals surface area contributed by atoms with Crippen LogP contribution in [0.3, 0.4) is 0 Å². The van der Waals surface area contributed by atoms with E-state index in [-0.39, 0.29) is 17.1 Å². The Bertz CT molecular complexity index is 663. The van der Waals surface area contributed by atoms with Gasteiger partial charge >= 0.3 is 0 Å². The highest BCUT2D eigenvalue weighted by Crippen LogP contribution is 2.20. The van der Waals surface area contributed by atoms with Crippen LogP contribution in [0.1, 0.15) is 21.5 Å². The lowest BCUT2D eigenvalue weighted by atomic mass is 10.1. The molecule has 0 aliphatic rings. The first-order chi connectivity index (χ1) is 9.47. The van der Waals surface area contributed by atoms with E-state index < -0.39 is 5.91 Å². The molecule has 1 amide bonds. The third-order valence-electron chi connectivity index (χ3n) is 2.85. The molecular formula is C15H15N3O2. The highest BCUT2D eigenvalue weighted by atomic mass is 16.3. The van der Waals surface area contributed by atoms with Gasteiger partial charge in [-0.05, 0) is 48.9 Å². The number of phenolic OH excluding ortho intramolecular Hbond substituents is 1. The predicted molar refractivity (Wildman–Crippen MR) is 78.3 cm³/mol. The van der Waals surface area contributed by atoms with E-state index in [1.807, 2.05) is 6.92 Å². The van der Waals surface area contributed by atoms with Gasteiger partial charge in [-0.2, -0.15) is 0 Å². The molecule has 5 N–H and O–H groups in total. The average molecular weight is 269 g/mol. The van der Waals surface area contributed by atoms with Crippen molar-refractivity contribution in [3.63, 3.8) is 0 Å². The summed E-state index contributed by atoms with van der Waals surface area (Å²) in [6.07, 6.45) is 0. The minimum atomic E-state index is -0.391. The second-order valence-electron chi connectivity index (χ2n) is 4.47. The molecule has 2 aromatic carbocycles. The lowest BCUT2D eigenvalue weighted by molar-refractivity contribution is 0.102. The first-order valence-electron chi connectivity index (χ1n) is 6.03. The van der Waals surface area contributed by atoms with Gasteiger partial charge in [0.15, 0.2) is 0 Å². The van der Waals surface area contributed by atoms with Gasteiger partial charge in [-0.15, -0.1) is 0 Å². The number of hydrogen-bond acceptors (Lipinski definition) is 3. The second kappa shape index (κ2) is 5.44. The van der Waals surface area contributed by atoms with Crippen LogP contribution in [0.2, 0.25) is 0 Å². The van der Waals surface area contributed by atoms with E-state index in [9.17, 15) is 9.90 Å². The van der Waals surface area contributed by atoms with E-state index >= 15 is 0 Å². The number of nitrogen functional groups attached to an aromatic ring is 1. The van der Waals surface area contributed by atoms with E-state index in [4.69, 9.17) is 11.1 Å². The van der Waals surface area contributed by atoms with Crippen molar-refractivity contribution < 1.29 is 9.90 Å². The summed E-state index contributed by atoms with van der Waals surface area (Å²) < 4.78 is 0. The lowest BCUT2D eigenvalue weighted by Gasteiger charge is -2.08. The zero-order chi connectivity index (χ0) is 14.7. The summed E-state index contributed by atoms with van der Waals surface area (Å²) in [5.74, 6) is -0.472. The van der Waals surface area contributed by atoms with Crippen LogP contribution in [0.15, 0.2) is 42.5 Å². The van der Waals surface area contributed by atoms with Gasteiger partial charge in [-0.3, -0.25) is 10.2 Å². The number of amides is 1. The van der Waals surface area contributed by atoms with E-state index in [1.54, 1.807) is 36.4 Å². The summed E-state index contributed by atoms with van der Waals surface area (Å²) in [4.78, 5) is 12.0. The number of carbonyl (C=O) groups is 1. The molecule has 5 nitrogen and oxygen atoms in total. The minimum Gasteiger partial charge on any atom is -0.507 e. The Balaban J connectivity index is 2.17. The van der Waals surface area contributed by atoms with Crippen molar-refractivity contribution in [1.29, 1.82) is 5.41 Å². The number of phenols is 1. The Morgan fingerprint density at radius 3 is 2.40 bits per heavy atom. The maximum absolute atomic E-state index is 12.0. The molecule has 2 rings (SSSR count). The highest BCUT2D eigenvalue weighted by molar-refractivity contribution is 6.06. The average Bonchev–Trinajstić information content (AvgIpc) is 2.39. The topological polar surface area (TPSA) is 99.2 Å². The van der Waals surface area contributed by atoms with Crippen LogP contribution in [0.5, 0.6) is 5.75 Å². The van der Waals surface area contributed by atoms with Gasteiger partial charge in [0.25, 0.3) is 5.91 Å². The predicted octanol–water partition coefficient (Wildman–Crippen LogP) is 2.24. The molecule has 0 saturated carbocycles. The van der Waals surface area contributed by atoms with Crippen LogP contribution in [0.4, 0.5) is 5.69 Å². The molecule has 0 aliphatic carbocycles. The highest BCUT2D eigenvalue weighted by Gasteiger charge is 2.11. The molecule has 0 atom stereocenters. The van der Waals surface area contributed by atoms with Crippen molar-refractivity contribution in [2.45, 2.75) is 6.92 Å². The van der Waals surface area contributed by atoms with E-state index in [2.05, 4.69) is 5.32 Å². The van der Waals surface area contributed by atoms with E-state index in [0.29, 0.717) is 11.3 Å². The summed E-state index contributed by atoms with van der Waals surface area (Å²) in [6, 6.07) is 11.5. The molecule has 0 aromatic heterocycles. The molecule has 0 aliphatic heterocycles. The summed E-state index contributed by atoms with van der Waals surface area (Å²) in [6.45, 7) is 1.84. The van der Waals surface area contributed by atoms with Crippen LogP contribution in [0, 0.1) is 12.3 Å². The first-order valence-corrected chi connectivity index (χ1v) is 6.03. The van der Waals surface area contributed by atoms with Crippen LogP contribution < -0.4 is 11.1 Å². The fourth-order valence-electron chi connectivity index (χ4n) is 1.77. The maximum atomic E-state index is 12.0. The molecule has 0 fully saturated rings. The Morgan fingerprint density at radius 2 is 1.85 bits per heavy atom. The summed E-state index contributed by atoms with van der Waals surface area (Å²) in [7, 11) is 0. The standard InChI is InChI=1S/C15H15N3O2/c1-9-2-7-12(13(19)8-9)15(20)18-11-5-3-10(4-6-11)14(16)17/h2-8,19H,1H3,(H3,16,17)(H,18,20). The summed E-state index contributed by atoms with van der Waals surface area (Å²) in [5.41, 5.74) is 7.60. The number of anilines is 1. The number of carbonyl (C=O) groups excluding carboxylic acids is 1. The van der Waals surface area contributed by atoms with Crippen LogP contribution in [-0.4, -0.2) is 16.8 Å². The smallest absolute Gasteiger partial charge is 0.259 e. The number of rotatable bonds is 3. The molecule has 0 saturated heterocycles. The normalized spacial score (nSPS) is 10.1. The Hall–Kier alpha value is -2.82. The van der Waals surface area contributed by atoms with Gasteiger partial charge in [0.2, 0.25) is 0 Å². The molecule has 102 valence electrons. The summed E-state index contributed by atoms with van der Waals surface area (Å²) in [5, 5.41) is 19.7. The Morgan fingerprint density at radius 1 is 1.20 bits per heavy atom. The van der Waals surface area contributed by atoms with Crippen molar-refractivity contribution >= 4 is 17.4 Å². The van der Waals surface area contributed by atoms with Gasteiger partial charge in [0.1, 0.15) is 11.6 Å². The van der Waals surface area contributed by atoms with Crippen LogP contribution >= 0.6 is 0 Å². The number of benzene rings is 2. The number of amidine groups is 1. The number of hydrogen-bond donors (Lipinski definition) is 4. The fraction of sp³-hybridized carbons (Fsp3) is 0.0667. The molecule has 0 bridgehead atoms. The molecular weight excluding hydrogens is 254 g/mol. The SMILES string of the molecule is Cc1ccc(C(=O)Nc2ccc(C(=N)N)cc2)c(O)c1. The molecule has 20 heavy (non-hydrogen) atoms. The van der Waals surface area contributed by atoms with E-state index in [0.717, 1.165) is 5.56 Å². The number of aryl methyl sites for hydroxylation is 1. The Kier molecular flexibility index (Phi) is 3.70. The molecule has 0 unspecified atom stereocenters. The third kappa shape index (κ3) is 2.95. The largest absolute Gasteiger partial charge is 0.507 e.